The number of nitrogens with zero attached hydrogens (tertiary/aromatic N) is 2. The molecule has 4 aliphatic rings. The molecule has 0 saturated heterocycles. The topological polar surface area (TPSA) is 6.48 Å². The molecule has 0 fully saturated rings. The minimum absolute atomic E-state index is 0.675. The van der Waals surface area contributed by atoms with Crippen LogP contribution in [-0.4, -0.2) is 0 Å². The molecule has 0 bridgehead atoms. The smallest absolute Gasteiger partial charge is 0.0546 e. The second-order valence-electron chi connectivity index (χ2n) is 21.1. The minimum atomic E-state index is 0.675. The summed E-state index contributed by atoms with van der Waals surface area (Å²) in [6.45, 7) is 12.0. The highest BCUT2D eigenvalue weighted by molar-refractivity contribution is 6.24. The van der Waals surface area contributed by atoms with E-state index in [9.17, 15) is 0 Å². The number of hydrogen-bond acceptors (Lipinski definition) is 2. The fourth-order valence-corrected chi connectivity index (χ4v) is 12.5. The number of benzene rings is 8. The first-order valence-corrected chi connectivity index (χ1v) is 25.2. The van der Waals surface area contributed by atoms with Gasteiger partial charge in [-0.05, 0) is 240 Å². The van der Waals surface area contributed by atoms with Crippen LogP contribution in [0.3, 0.4) is 0 Å². The molecule has 12 rings (SSSR count). The van der Waals surface area contributed by atoms with Gasteiger partial charge in [0, 0.05) is 33.5 Å². The van der Waals surface area contributed by atoms with E-state index in [2.05, 4.69) is 172 Å². The van der Waals surface area contributed by atoms with E-state index >= 15 is 0 Å². The SMILES string of the molecule is Cc1ccc2c(c1)c(N(c1ccc3c(c1)CCCC3)c1ccc3c(c1)CC(C)C(C)C3)cc1c3ccccc3c(N(c3ccc4c(c3)CCCC4)c3ccc4c(c3)CC(C)C(C)C4)cc21. The normalized spacial score (nSPS) is 20.3. The van der Waals surface area contributed by atoms with Crippen LogP contribution in [0.25, 0.3) is 32.3 Å². The van der Waals surface area contributed by atoms with E-state index in [1.807, 2.05) is 0 Å². The average molecular weight is 849 g/mol. The maximum Gasteiger partial charge on any atom is 0.0546 e. The van der Waals surface area contributed by atoms with Crippen LogP contribution >= 0.6 is 0 Å². The molecule has 0 saturated carbocycles. The largest absolute Gasteiger partial charge is 0.310 e. The van der Waals surface area contributed by atoms with Gasteiger partial charge in [-0.3, -0.25) is 0 Å². The zero-order valence-electron chi connectivity index (χ0n) is 39.3. The number of anilines is 6. The molecule has 4 unspecified atom stereocenters. The van der Waals surface area contributed by atoms with E-state index < -0.39 is 0 Å². The van der Waals surface area contributed by atoms with E-state index in [-0.39, 0.29) is 0 Å². The summed E-state index contributed by atoms with van der Waals surface area (Å²) >= 11 is 0. The summed E-state index contributed by atoms with van der Waals surface area (Å²) in [6, 6.07) is 51.1. The average Bonchev–Trinajstić information content (AvgIpc) is 3.32. The van der Waals surface area contributed by atoms with E-state index in [1.54, 1.807) is 0 Å². The van der Waals surface area contributed by atoms with Crippen molar-refractivity contribution in [2.45, 2.75) is 112 Å². The van der Waals surface area contributed by atoms with Gasteiger partial charge in [0.2, 0.25) is 0 Å². The van der Waals surface area contributed by atoms with Crippen molar-refractivity contribution in [3.63, 3.8) is 0 Å². The molecule has 8 aromatic rings. The Bertz CT molecular complexity index is 3170. The van der Waals surface area contributed by atoms with Crippen molar-refractivity contribution in [1.29, 1.82) is 0 Å². The molecular weight excluding hydrogens is 785 g/mol. The first-order chi connectivity index (χ1) is 31.7. The first kappa shape index (κ1) is 40.6. The molecule has 4 aliphatic carbocycles. The lowest BCUT2D eigenvalue weighted by Crippen LogP contribution is -2.21. The molecule has 326 valence electrons. The summed E-state index contributed by atoms with van der Waals surface area (Å²) in [7, 11) is 0. The molecule has 0 amide bonds. The quantitative estimate of drug-likeness (QED) is 0.154. The summed E-state index contributed by atoms with van der Waals surface area (Å²) in [5, 5.41) is 7.79. The summed E-state index contributed by atoms with van der Waals surface area (Å²) in [5.41, 5.74) is 21.0. The van der Waals surface area contributed by atoms with Crippen LogP contribution < -0.4 is 9.80 Å². The Kier molecular flexibility index (Phi) is 10.1. The third-order valence-corrected chi connectivity index (χ3v) is 16.8. The van der Waals surface area contributed by atoms with Crippen molar-refractivity contribution in [2.75, 3.05) is 9.80 Å². The van der Waals surface area contributed by atoms with Crippen LogP contribution in [0, 0.1) is 30.6 Å². The second-order valence-corrected chi connectivity index (χ2v) is 21.1. The maximum atomic E-state index is 2.62. The third-order valence-electron chi connectivity index (χ3n) is 16.8. The van der Waals surface area contributed by atoms with Crippen LogP contribution in [0.2, 0.25) is 0 Å². The van der Waals surface area contributed by atoms with E-state index in [1.165, 1.54) is 155 Å². The third kappa shape index (κ3) is 7.15. The molecule has 8 aromatic carbocycles. The summed E-state index contributed by atoms with van der Waals surface area (Å²) < 4.78 is 0. The van der Waals surface area contributed by atoms with Crippen molar-refractivity contribution in [2.24, 2.45) is 23.7 Å². The zero-order chi connectivity index (χ0) is 43.9. The van der Waals surface area contributed by atoms with Gasteiger partial charge in [-0.1, -0.05) is 93.9 Å². The lowest BCUT2D eigenvalue weighted by Gasteiger charge is -2.33. The molecule has 0 radical (unpaired) electrons. The minimum Gasteiger partial charge on any atom is -0.310 e. The molecular formula is C63H64N2. The van der Waals surface area contributed by atoms with Gasteiger partial charge in [0.15, 0.2) is 0 Å². The number of rotatable bonds is 6. The molecule has 0 heterocycles. The molecule has 0 aliphatic heterocycles. The Labute approximate surface area is 387 Å². The summed E-state index contributed by atoms with van der Waals surface area (Å²) in [5.74, 6) is 2.77. The Morgan fingerprint density at radius 1 is 0.323 bits per heavy atom. The van der Waals surface area contributed by atoms with Gasteiger partial charge in [0.1, 0.15) is 0 Å². The van der Waals surface area contributed by atoms with Gasteiger partial charge in [-0.2, -0.15) is 0 Å². The van der Waals surface area contributed by atoms with Crippen LogP contribution in [0.5, 0.6) is 0 Å². The molecule has 0 spiro atoms. The Hall–Kier alpha value is -5.86. The zero-order valence-corrected chi connectivity index (χ0v) is 39.3. The molecule has 4 atom stereocenters. The van der Waals surface area contributed by atoms with Gasteiger partial charge in [0.05, 0.1) is 11.4 Å². The predicted molar refractivity (Wildman–Crippen MR) is 278 cm³/mol. The van der Waals surface area contributed by atoms with Crippen molar-refractivity contribution >= 4 is 66.4 Å². The predicted octanol–water partition coefficient (Wildman–Crippen LogP) is 16.9. The van der Waals surface area contributed by atoms with E-state index in [0.29, 0.717) is 23.7 Å². The highest BCUT2D eigenvalue weighted by Crippen LogP contribution is 2.49. The monoisotopic (exact) mass is 849 g/mol. The van der Waals surface area contributed by atoms with Crippen molar-refractivity contribution in [3.05, 3.63) is 177 Å². The van der Waals surface area contributed by atoms with Crippen LogP contribution in [-0.2, 0) is 51.4 Å². The summed E-state index contributed by atoms with van der Waals surface area (Å²) in [4.78, 5) is 5.23. The fraction of sp³-hybridized carbons (Fsp3) is 0.333. The van der Waals surface area contributed by atoms with Gasteiger partial charge in [-0.15, -0.1) is 0 Å². The van der Waals surface area contributed by atoms with Gasteiger partial charge >= 0.3 is 0 Å². The number of hydrogen-bond donors (Lipinski definition) is 0. The number of fused-ring (bicyclic) bond motifs is 9. The maximum absolute atomic E-state index is 2.62. The molecule has 65 heavy (non-hydrogen) atoms. The Morgan fingerprint density at radius 2 is 0.708 bits per heavy atom. The first-order valence-electron chi connectivity index (χ1n) is 25.2. The lowest BCUT2D eigenvalue weighted by atomic mass is 9.77. The molecule has 2 nitrogen and oxygen atoms in total. The Balaban J connectivity index is 1.11. The van der Waals surface area contributed by atoms with Gasteiger partial charge in [-0.25, -0.2) is 0 Å². The lowest BCUT2D eigenvalue weighted by molar-refractivity contribution is 0.361. The van der Waals surface area contributed by atoms with Gasteiger partial charge in [0.25, 0.3) is 0 Å². The second kappa shape index (κ2) is 16.2. The highest BCUT2D eigenvalue weighted by Gasteiger charge is 2.28. The van der Waals surface area contributed by atoms with Gasteiger partial charge < -0.3 is 9.80 Å². The van der Waals surface area contributed by atoms with Crippen molar-refractivity contribution in [3.8, 4) is 0 Å². The van der Waals surface area contributed by atoms with E-state index in [4.69, 9.17) is 0 Å². The van der Waals surface area contributed by atoms with Crippen LogP contribution in [0.4, 0.5) is 34.1 Å². The van der Waals surface area contributed by atoms with E-state index in [0.717, 1.165) is 38.5 Å². The molecule has 0 N–H and O–H groups in total. The highest BCUT2D eigenvalue weighted by atomic mass is 15.2. The Morgan fingerprint density at radius 3 is 1.20 bits per heavy atom. The molecule has 2 heteroatoms. The van der Waals surface area contributed by atoms with Crippen LogP contribution in [0.1, 0.15) is 103 Å². The summed E-state index contributed by atoms with van der Waals surface area (Å²) in [6.07, 6.45) is 14.4. The number of aryl methyl sites for hydroxylation is 5. The van der Waals surface area contributed by atoms with Crippen LogP contribution in [0.15, 0.2) is 127 Å². The van der Waals surface area contributed by atoms with Crippen molar-refractivity contribution < 1.29 is 0 Å². The molecule has 0 aromatic heterocycles. The fourth-order valence-electron chi connectivity index (χ4n) is 12.5. The standard InChI is InChI=1S/C63H64N2/c1-39-18-27-57-60-37-62(64(52-23-19-44-12-6-8-14-46(44)33-52)54-25-21-48-29-40(2)42(4)31-50(48)35-54)58-17-11-10-16-56(58)59(60)38-63(61(57)28-39)65(53-24-20-45-13-7-9-15-47(45)34-53)55-26-22-49-30-41(3)43(5)32-51(49)36-55/h10-11,16-28,33-38,40-43H,6-9,12-15,29-32H2,1-5H3. The van der Waals surface area contributed by atoms with Crippen molar-refractivity contribution in [1.82, 2.24) is 0 Å².